The predicted molar refractivity (Wildman–Crippen MR) is 85.7 cm³/mol. The third kappa shape index (κ3) is 3.66. The molecule has 0 amide bonds. The van der Waals surface area contributed by atoms with Gasteiger partial charge in [-0.15, -0.1) is 0 Å². The van der Waals surface area contributed by atoms with Crippen LogP contribution in [0.25, 0.3) is 0 Å². The lowest BCUT2D eigenvalue weighted by molar-refractivity contribution is 0.414. The van der Waals surface area contributed by atoms with Crippen molar-refractivity contribution >= 4 is 26.0 Å². The van der Waals surface area contributed by atoms with Crippen molar-refractivity contribution in [2.75, 3.05) is 14.2 Å². The first kappa shape index (κ1) is 16.9. The molecule has 0 aromatic heterocycles. The molecule has 0 fully saturated rings. The van der Waals surface area contributed by atoms with Crippen LogP contribution in [-0.2, 0) is 16.6 Å². The topological polar surface area (TPSA) is 46.6 Å². The van der Waals surface area contributed by atoms with Crippen molar-refractivity contribution in [3.63, 3.8) is 0 Å². The van der Waals surface area contributed by atoms with Crippen molar-refractivity contribution < 1.29 is 17.5 Å². The second kappa shape index (κ2) is 6.76. The molecule has 2 aromatic carbocycles. The van der Waals surface area contributed by atoms with Gasteiger partial charge < -0.3 is 4.74 Å². The minimum Gasteiger partial charge on any atom is -0.497 e. The molecule has 0 radical (unpaired) electrons. The Labute approximate surface area is 137 Å². The van der Waals surface area contributed by atoms with Gasteiger partial charge in [-0.25, -0.2) is 12.8 Å². The Morgan fingerprint density at radius 1 is 1.18 bits per heavy atom. The lowest BCUT2D eigenvalue weighted by Crippen LogP contribution is -2.26. The molecule has 0 N–H and O–H groups in total. The predicted octanol–water partition coefficient (Wildman–Crippen LogP) is 3.42. The Morgan fingerprint density at radius 2 is 1.82 bits per heavy atom. The summed E-state index contributed by atoms with van der Waals surface area (Å²) in [4.78, 5) is 0.0323. The second-order valence-corrected chi connectivity index (χ2v) is 7.55. The van der Waals surface area contributed by atoms with Crippen LogP contribution in [-0.4, -0.2) is 26.9 Å². The van der Waals surface area contributed by atoms with Crippen LogP contribution >= 0.6 is 15.9 Å². The molecular formula is C15H15BrFNO3S. The first-order chi connectivity index (χ1) is 10.3. The molecule has 0 saturated carbocycles. The van der Waals surface area contributed by atoms with E-state index in [4.69, 9.17) is 4.74 Å². The van der Waals surface area contributed by atoms with E-state index < -0.39 is 15.8 Å². The van der Waals surface area contributed by atoms with E-state index in [2.05, 4.69) is 15.9 Å². The fourth-order valence-electron chi connectivity index (χ4n) is 1.93. The first-order valence-electron chi connectivity index (χ1n) is 6.39. The van der Waals surface area contributed by atoms with E-state index in [1.54, 1.807) is 31.4 Å². The summed E-state index contributed by atoms with van der Waals surface area (Å²) < 4.78 is 44.7. The quantitative estimate of drug-likeness (QED) is 0.789. The monoisotopic (exact) mass is 387 g/mol. The molecule has 0 spiro atoms. The van der Waals surface area contributed by atoms with Gasteiger partial charge in [0.05, 0.1) is 12.0 Å². The summed E-state index contributed by atoms with van der Waals surface area (Å²) >= 11 is 3.09. The molecule has 0 saturated heterocycles. The van der Waals surface area contributed by atoms with Crippen molar-refractivity contribution in [1.29, 1.82) is 0 Å². The molecule has 0 aliphatic heterocycles. The van der Waals surface area contributed by atoms with E-state index in [9.17, 15) is 12.8 Å². The van der Waals surface area contributed by atoms with Gasteiger partial charge in [0.1, 0.15) is 11.6 Å². The normalized spacial score (nSPS) is 11.7. The number of benzene rings is 2. The number of sulfonamides is 1. The number of halogens is 2. The van der Waals surface area contributed by atoms with Crippen LogP contribution in [0.5, 0.6) is 5.75 Å². The van der Waals surface area contributed by atoms with Gasteiger partial charge in [-0.2, -0.15) is 4.31 Å². The molecule has 0 atom stereocenters. The van der Waals surface area contributed by atoms with Crippen LogP contribution in [0.15, 0.2) is 51.8 Å². The fraction of sp³-hybridized carbons (Fsp3) is 0.200. The van der Waals surface area contributed by atoms with Crippen LogP contribution in [0.1, 0.15) is 5.56 Å². The summed E-state index contributed by atoms with van der Waals surface area (Å²) in [7, 11) is -0.663. The van der Waals surface area contributed by atoms with Crippen molar-refractivity contribution in [3.05, 3.63) is 58.3 Å². The van der Waals surface area contributed by atoms with Crippen LogP contribution in [0, 0.1) is 5.82 Å². The van der Waals surface area contributed by atoms with Crippen LogP contribution in [0.4, 0.5) is 4.39 Å². The lowest BCUT2D eigenvalue weighted by Gasteiger charge is -2.18. The van der Waals surface area contributed by atoms with Crippen LogP contribution in [0.2, 0.25) is 0 Å². The summed E-state index contributed by atoms with van der Waals surface area (Å²) in [5, 5.41) is 0. The molecule has 0 heterocycles. The second-order valence-electron chi connectivity index (χ2n) is 4.68. The highest BCUT2D eigenvalue weighted by Crippen LogP contribution is 2.26. The maximum Gasteiger partial charge on any atom is 0.244 e. The highest BCUT2D eigenvalue weighted by molar-refractivity contribution is 9.10. The van der Waals surface area contributed by atoms with Crippen LogP contribution in [0.3, 0.4) is 0 Å². The summed E-state index contributed by atoms with van der Waals surface area (Å²) in [6.45, 7) is 0.205. The standard InChI is InChI=1S/C15H15BrFNO3S/c1-18(10-11-3-6-13(21-2)7-4-11)22(19,20)15-8-5-12(17)9-14(15)16/h3-9H,10H2,1-2H3. The summed E-state index contributed by atoms with van der Waals surface area (Å²) in [6.07, 6.45) is 0. The molecule has 0 unspecified atom stereocenters. The van der Waals surface area contributed by atoms with Gasteiger partial charge in [0, 0.05) is 18.1 Å². The molecule has 2 rings (SSSR count). The Kier molecular flexibility index (Phi) is 5.20. The molecule has 0 aliphatic rings. The van der Waals surface area contributed by atoms with Gasteiger partial charge in [0.2, 0.25) is 10.0 Å². The SMILES string of the molecule is COc1ccc(CN(C)S(=O)(=O)c2ccc(F)cc2Br)cc1. The van der Waals surface area contributed by atoms with Crippen molar-refractivity contribution in [2.45, 2.75) is 11.4 Å². The minimum absolute atomic E-state index is 0.0323. The Balaban J connectivity index is 2.24. The van der Waals surface area contributed by atoms with E-state index in [0.717, 1.165) is 17.7 Å². The fourth-order valence-corrected chi connectivity index (χ4v) is 4.09. The molecule has 4 nitrogen and oxygen atoms in total. The molecule has 7 heteroatoms. The molecular weight excluding hydrogens is 373 g/mol. The summed E-state index contributed by atoms with van der Waals surface area (Å²) in [6, 6.07) is 10.6. The van der Waals surface area contributed by atoms with Gasteiger partial charge in [0.25, 0.3) is 0 Å². The van der Waals surface area contributed by atoms with E-state index in [1.807, 2.05) is 0 Å². The van der Waals surface area contributed by atoms with E-state index in [0.29, 0.717) is 5.75 Å². The zero-order chi connectivity index (χ0) is 16.3. The Morgan fingerprint density at radius 3 is 2.36 bits per heavy atom. The van der Waals surface area contributed by atoms with Gasteiger partial charge in [0.15, 0.2) is 0 Å². The van der Waals surface area contributed by atoms with E-state index in [1.165, 1.54) is 17.4 Å². The van der Waals surface area contributed by atoms with E-state index in [-0.39, 0.29) is 15.9 Å². The molecule has 0 aliphatic carbocycles. The molecule has 118 valence electrons. The average Bonchev–Trinajstić information content (AvgIpc) is 2.47. The van der Waals surface area contributed by atoms with Crippen molar-refractivity contribution in [3.8, 4) is 5.75 Å². The molecule has 2 aromatic rings. The highest BCUT2D eigenvalue weighted by Gasteiger charge is 2.23. The highest BCUT2D eigenvalue weighted by atomic mass is 79.9. The van der Waals surface area contributed by atoms with Crippen LogP contribution < -0.4 is 4.74 Å². The van der Waals surface area contributed by atoms with Gasteiger partial charge in [-0.05, 0) is 51.8 Å². The van der Waals surface area contributed by atoms with Gasteiger partial charge in [-0.3, -0.25) is 0 Å². The molecule has 0 bridgehead atoms. The number of rotatable bonds is 5. The largest absolute Gasteiger partial charge is 0.497 e. The van der Waals surface area contributed by atoms with E-state index >= 15 is 0 Å². The number of hydrogen-bond acceptors (Lipinski definition) is 3. The molecule has 22 heavy (non-hydrogen) atoms. The van der Waals surface area contributed by atoms with Gasteiger partial charge >= 0.3 is 0 Å². The summed E-state index contributed by atoms with van der Waals surface area (Å²) in [5.74, 6) is 0.208. The number of methoxy groups -OCH3 is 1. The smallest absolute Gasteiger partial charge is 0.244 e. The third-order valence-corrected chi connectivity index (χ3v) is 5.93. The first-order valence-corrected chi connectivity index (χ1v) is 8.62. The minimum atomic E-state index is -3.71. The zero-order valence-electron chi connectivity index (χ0n) is 12.1. The zero-order valence-corrected chi connectivity index (χ0v) is 14.5. The van der Waals surface area contributed by atoms with Crippen molar-refractivity contribution in [2.24, 2.45) is 0 Å². The van der Waals surface area contributed by atoms with Gasteiger partial charge in [-0.1, -0.05) is 12.1 Å². The summed E-state index contributed by atoms with van der Waals surface area (Å²) in [5.41, 5.74) is 0.824. The average molecular weight is 388 g/mol. The van der Waals surface area contributed by atoms with Crippen molar-refractivity contribution in [1.82, 2.24) is 4.31 Å². The Hall–Kier alpha value is -1.44. The third-order valence-electron chi connectivity index (χ3n) is 3.15. The maximum atomic E-state index is 13.1. The Bertz CT molecular complexity index is 763. The lowest BCUT2D eigenvalue weighted by atomic mass is 10.2. The number of hydrogen-bond donors (Lipinski definition) is 0. The maximum absolute atomic E-state index is 13.1. The number of nitrogens with zero attached hydrogens (tertiary/aromatic N) is 1. The number of ether oxygens (including phenoxy) is 1.